The Bertz CT molecular complexity index is 3040. The highest BCUT2D eigenvalue weighted by Crippen LogP contribution is 2.48. The number of benzene rings is 8. The van der Waals surface area contributed by atoms with Crippen molar-refractivity contribution in [3.63, 3.8) is 0 Å². The number of imidazole rings is 1. The van der Waals surface area contributed by atoms with Crippen molar-refractivity contribution in [2.45, 2.75) is 10.3 Å². The van der Waals surface area contributed by atoms with Crippen molar-refractivity contribution < 1.29 is 0 Å². The Morgan fingerprint density at radius 1 is 0.509 bits per heavy atom. The number of thiophene rings is 1. The van der Waals surface area contributed by atoms with Crippen LogP contribution in [0.4, 0.5) is 0 Å². The second kappa shape index (κ2) is 11.8. The molecule has 0 aliphatic rings. The predicted octanol–water partition coefficient (Wildman–Crippen LogP) is 10.3. The molecular formula is C45H25B5N2S. The Labute approximate surface area is 317 Å². The van der Waals surface area contributed by atoms with E-state index >= 15 is 0 Å². The lowest BCUT2D eigenvalue weighted by molar-refractivity contribution is 0.757. The van der Waals surface area contributed by atoms with Crippen molar-refractivity contribution in [1.82, 2.24) is 9.55 Å². The summed E-state index contributed by atoms with van der Waals surface area (Å²) in [6.45, 7) is 0. The molecular weight excluding hydrogens is 655 g/mol. The molecule has 8 aromatic carbocycles. The first kappa shape index (κ1) is 32.2. The molecule has 0 fully saturated rings. The van der Waals surface area contributed by atoms with E-state index in [0.29, 0.717) is 5.52 Å². The van der Waals surface area contributed by atoms with Crippen LogP contribution in [0.25, 0.3) is 91.5 Å². The third-order valence-electron chi connectivity index (χ3n) is 10.6. The summed E-state index contributed by atoms with van der Waals surface area (Å²) < 4.78 is 4.48. The fourth-order valence-corrected chi connectivity index (χ4v) is 9.13. The third kappa shape index (κ3) is 4.88. The second-order valence-electron chi connectivity index (χ2n) is 13.9. The Morgan fingerprint density at radius 2 is 1.09 bits per heavy atom. The zero-order chi connectivity index (χ0) is 36.1. The summed E-state index contributed by atoms with van der Waals surface area (Å²) in [5, 5.41) is 5.83. The van der Waals surface area contributed by atoms with Crippen molar-refractivity contribution in [3.05, 3.63) is 157 Å². The summed E-state index contributed by atoms with van der Waals surface area (Å²) in [4.78, 5) is 4.75. The number of fused-ring (bicyclic) bond motifs is 7. The average molecular weight is 680 g/mol. The topological polar surface area (TPSA) is 17.8 Å². The SMILES string of the molecule is [B]C([B])([B])C([B])([B])c1nc2ccccc2n1-c1ccc2cc(-c3c4ccccc4c(-c4cccc5sc6ccccc6c45)c4ccccc34)ccc2c1. The Hall–Kier alpha value is -5.45. The van der Waals surface area contributed by atoms with Gasteiger partial charge in [0.25, 0.3) is 0 Å². The smallest absolute Gasteiger partial charge is 0.101 e. The van der Waals surface area contributed by atoms with Crippen LogP contribution in [0.1, 0.15) is 5.82 Å². The molecule has 0 saturated carbocycles. The molecule has 0 aliphatic carbocycles. The molecule has 0 N–H and O–H groups in total. The number of para-hydroxylation sites is 2. The number of rotatable bonds is 5. The zero-order valence-corrected chi connectivity index (χ0v) is 29.4. The molecule has 10 radical (unpaired) electrons. The van der Waals surface area contributed by atoms with Crippen LogP contribution in [-0.4, -0.2) is 48.8 Å². The lowest BCUT2D eigenvalue weighted by Gasteiger charge is -2.41. The normalized spacial score (nSPS) is 12.5. The number of hydrogen-bond acceptors (Lipinski definition) is 2. The minimum Gasteiger partial charge on any atom is -0.297 e. The minimum absolute atomic E-state index is 0.270. The summed E-state index contributed by atoms with van der Waals surface area (Å²) in [7, 11) is 31.3. The molecule has 53 heavy (non-hydrogen) atoms. The van der Waals surface area contributed by atoms with E-state index in [0.717, 1.165) is 27.5 Å². The maximum atomic E-state index is 6.52. The van der Waals surface area contributed by atoms with Crippen LogP contribution in [0.2, 0.25) is 5.11 Å². The van der Waals surface area contributed by atoms with Crippen molar-refractivity contribution in [2.24, 2.45) is 0 Å². The first-order valence-electron chi connectivity index (χ1n) is 17.5. The molecule has 236 valence electrons. The van der Waals surface area contributed by atoms with E-state index in [-0.39, 0.29) is 5.82 Å². The zero-order valence-electron chi connectivity index (χ0n) is 28.6. The van der Waals surface area contributed by atoms with Crippen LogP contribution in [0.3, 0.4) is 0 Å². The molecule has 0 saturated heterocycles. The highest BCUT2D eigenvalue weighted by atomic mass is 32.1. The van der Waals surface area contributed by atoms with Gasteiger partial charge < -0.3 is 0 Å². The molecule has 0 bridgehead atoms. The van der Waals surface area contributed by atoms with Crippen LogP contribution in [0.15, 0.2) is 152 Å². The average Bonchev–Trinajstić information content (AvgIpc) is 3.76. The molecule has 0 atom stereocenters. The highest BCUT2D eigenvalue weighted by Gasteiger charge is 2.36. The second-order valence-corrected chi connectivity index (χ2v) is 15.0. The van der Waals surface area contributed by atoms with Gasteiger partial charge in [0.15, 0.2) is 0 Å². The lowest BCUT2D eigenvalue weighted by atomic mass is 9.23. The van der Waals surface area contributed by atoms with Gasteiger partial charge in [-0.05, 0) is 97.0 Å². The summed E-state index contributed by atoms with van der Waals surface area (Å²) >= 11 is 1.85. The van der Waals surface area contributed by atoms with Crippen LogP contribution >= 0.6 is 11.3 Å². The van der Waals surface area contributed by atoms with Crippen LogP contribution < -0.4 is 0 Å². The van der Waals surface area contributed by atoms with Gasteiger partial charge >= 0.3 is 0 Å². The molecule has 0 aliphatic heterocycles. The fraction of sp³-hybridized carbons (Fsp3) is 0.0444. The molecule has 0 spiro atoms. The summed E-state index contributed by atoms with van der Waals surface area (Å²) in [5.41, 5.74) is 7.19. The summed E-state index contributed by atoms with van der Waals surface area (Å²) in [6, 6.07) is 53.7. The molecule has 2 aromatic heterocycles. The Balaban J connectivity index is 1.18. The molecule has 0 amide bonds. The quantitative estimate of drug-likeness (QED) is 0.131. The van der Waals surface area contributed by atoms with Crippen LogP contribution in [0.5, 0.6) is 0 Å². The van der Waals surface area contributed by atoms with Crippen molar-refractivity contribution in [3.8, 4) is 27.9 Å². The van der Waals surface area contributed by atoms with E-state index in [2.05, 4.69) is 121 Å². The van der Waals surface area contributed by atoms with Crippen molar-refractivity contribution in [1.29, 1.82) is 0 Å². The van der Waals surface area contributed by atoms with Gasteiger partial charge in [-0.1, -0.05) is 114 Å². The van der Waals surface area contributed by atoms with Gasteiger partial charge in [0.2, 0.25) is 0 Å². The van der Waals surface area contributed by atoms with Gasteiger partial charge in [-0.15, -0.1) is 16.4 Å². The third-order valence-corrected chi connectivity index (χ3v) is 11.8. The molecule has 0 unspecified atom stereocenters. The molecule has 10 rings (SSSR count). The first-order valence-corrected chi connectivity index (χ1v) is 18.3. The van der Waals surface area contributed by atoms with E-state index in [1.54, 1.807) is 0 Å². The Morgan fingerprint density at radius 3 is 1.81 bits per heavy atom. The van der Waals surface area contributed by atoms with E-state index in [1.807, 2.05) is 46.2 Å². The standard InChI is InChI=1S/C45H25B5N2S/c46-44(47,45(48,49)50)43-51-36-16-6-7-17-37(36)52(43)29-23-22-26-24-28(21-20-27(26)25-29)40-30-10-1-3-12-32(30)41(33-13-4-2-11-31(33)40)35-15-9-19-39-42(35)34-14-5-8-18-38(34)53-39/h1-25H. The number of aromatic nitrogens is 2. The van der Waals surface area contributed by atoms with Crippen molar-refractivity contribution >= 4 is 114 Å². The van der Waals surface area contributed by atoms with Gasteiger partial charge in [-0.2, -0.15) is 0 Å². The van der Waals surface area contributed by atoms with E-state index in [4.69, 9.17) is 44.2 Å². The van der Waals surface area contributed by atoms with E-state index in [9.17, 15) is 0 Å². The van der Waals surface area contributed by atoms with E-state index < -0.39 is 10.3 Å². The van der Waals surface area contributed by atoms with Gasteiger partial charge in [-0.25, -0.2) is 4.98 Å². The fourth-order valence-electron chi connectivity index (χ4n) is 8.00. The van der Waals surface area contributed by atoms with Crippen LogP contribution in [-0.2, 0) is 5.21 Å². The van der Waals surface area contributed by atoms with Gasteiger partial charge in [0.1, 0.15) is 5.82 Å². The largest absolute Gasteiger partial charge is 0.297 e. The van der Waals surface area contributed by atoms with Crippen molar-refractivity contribution in [2.75, 3.05) is 0 Å². The maximum absolute atomic E-state index is 6.52. The monoisotopic (exact) mass is 680 g/mol. The summed E-state index contributed by atoms with van der Waals surface area (Å²) in [5.74, 6) is 0.270. The summed E-state index contributed by atoms with van der Waals surface area (Å²) in [6.07, 6.45) is 0. The first-order chi connectivity index (χ1) is 25.7. The van der Waals surface area contributed by atoms with Gasteiger partial charge in [0, 0.05) is 25.9 Å². The van der Waals surface area contributed by atoms with Gasteiger partial charge in [-0.3, -0.25) is 4.57 Å². The van der Waals surface area contributed by atoms with Crippen LogP contribution in [0, 0.1) is 0 Å². The number of nitrogens with zero attached hydrogens (tertiary/aromatic N) is 2. The predicted molar refractivity (Wildman–Crippen MR) is 230 cm³/mol. The number of hydrogen-bond donors (Lipinski definition) is 0. The highest BCUT2D eigenvalue weighted by molar-refractivity contribution is 7.26. The van der Waals surface area contributed by atoms with Gasteiger partial charge in [0.05, 0.1) is 50.3 Å². The lowest BCUT2D eigenvalue weighted by Crippen LogP contribution is -2.45. The van der Waals surface area contributed by atoms with E-state index in [1.165, 1.54) is 58.4 Å². The molecule has 2 nitrogen and oxygen atoms in total. The molecule has 10 aromatic rings. The minimum atomic E-state index is -1.93. The molecule has 2 heterocycles. The Kier molecular flexibility index (Phi) is 7.16. The molecule has 8 heteroatoms. The maximum Gasteiger partial charge on any atom is 0.101 e.